The van der Waals surface area contributed by atoms with Crippen LogP contribution in [0.5, 0.6) is 0 Å². The number of nitrogens with one attached hydrogen (secondary N) is 1. The van der Waals surface area contributed by atoms with Gasteiger partial charge in [0.05, 0.1) is 0 Å². The lowest BCUT2D eigenvalue weighted by Crippen LogP contribution is -2.30. The van der Waals surface area contributed by atoms with E-state index in [9.17, 15) is 0 Å². The summed E-state index contributed by atoms with van der Waals surface area (Å²) in [6, 6.07) is 9.78. The number of allylic oxidation sites excluding steroid dienone is 1. The van der Waals surface area contributed by atoms with E-state index >= 15 is 0 Å². The van der Waals surface area contributed by atoms with Crippen LogP contribution in [0.25, 0.3) is 0 Å². The Labute approximate surface area is 116 Å². The number of hydrogen-bond acceptors (Lipinski definition) is 1. The SMILES string of the molecule is CNC(C1=CCCC1)C1C2CCc3ccccc3C21. The van der Waals surface area contributed by atoms with Crippen LogP contribution in [0.3, 0.4) is 0 Å². The van der Waals surface area contributed by atoms with Crippen molar-refractivity contribution < 1.29 is 0 Å². The standard InChI is InChI=1S/C18H23N/c1-19-18(13-7-2-3-8-13)17-15-11-10-12-6-4-5-9-14(12)16(15)17/h4-7,9,15-19H,2-3,8,10-11H2,1H3. The number of hydrogen-bond donors (Lipinski definition) is 1. The molecule has 0 saturated heterocycles. The number of fused-ring (bicyclic) bond motifs is 3. The van der Waals surface area contributed by atoms with E-state index in [1.54, 1.807) is 16.7 Å². The minimum Gasteiger partial charge on any atom is -0.313 e. The normalized spacial score (nSPS) is 33.3. The highest BCUT2D eigenvalue weighted by atomic mass is 14.9. The lowest BCUT2D eigenvalue weighted by Gasteiger charge is -2.18. The van der Waals surface area contributed by atoms with Crippen LogP contribution in [0.4, 0.5) is 0 Å². The number of rotatable bonds is 3. The van der Waals surface area contributed by atoms with Gasteiger partial charge in [0.2, 0.25) is 0 Å². The minimum atomic E-state index is 0.642. The number of aryl methyl sites for hydroxylation is 1. The quantitative estimate of drug-likeness (QED) is 0.811. The third kappa shape index (κ3) is 1.79. The van der Waals surface area contributed by atoms with E-state index in [1.807, 2.05) is 0 Å². The zero-order valence-corrected chi connectivity index (χ0v) is 11.7. The summed E-state index contributed by atoms with van der Waals surface area (Å²) >= 11 is 0. The minimum absolute atomic E-state index is 0.642. The monoisotopic (exact) mass is 253 g/mol. The summed E-state index contributed by atoms with van der Waals surface area (Å²) in [6.45, 7) is 0. The van der Waals surface area contributed by atoms with Gasteiger partial charge in [-0.2, -0.15) is 0 Å². The van der Waals surface area contributed by atoms with Crippen LogP contribution in [-0.2, 0) is 6.42 Å². The topological polar surface area (TPSA) is 12.0 Å². The van der Waals surface area contributed by atoms with E-state index in [1.165, 1.54) is 32.1 Å². The van der Waals surface area contributed by atoms with Crippen LogP contribution in [0.1, 0.15) is 42.7 Å². The molecule has 4 rings (SSSR count). The molecule has 1 saturated carbocycles. The highest BCUT2D eigenvalue weighted by molar-refractivity contribution is 5.41. The molecular weight excluding hydrogens is 230 g/mol. The molecule has 0 amide bonds. The summed E-state index contributed by atoms with van der Waals surface area (Å²) in [4.78, 5) is 0. The van der Waals surface area contributed by atoms with Gasteiger partial charge in [-0.05, 0) is 68.0 Å². The van der Waals surface area contributed by atoms with Crippen molar-refractivity contribution in [2.24, 2.45) is 11.8 Å². The van der Waals surface area contributed by atoms with Crippen LogP contribution in [0.15, 0.2) is 35.9 Å². The summed E-state index contributed by atoms with van der Waals surface area (Å²) in [5.41, 5.74) is 4.96. The van der Waals surface area contributed by atoms with Gasteiger partial charge in [0.15, 0.2) is 0 Å². The van der Waals surface area contributed by atoms with Crippen molar-refractivity contribution in [3.63, 3.8) is 0 Å². The molecule has 100 valence electrons. The Balaban J connectivity index is 1.62. The van der Waals surface area contributed by atoms with Gasteiger partial charge in [-0.15, -0.1) is 0 Å². The molecule has 4 atom stereocenters. The van der Waals surface area contributed by atoms with E-state index < -0.39 is 0 Å². The predicted octanol–water partition coefficient (Wildman–Crippen LogP) is 3.66. The van der Waals surface area contributed by atoms with Crippen molar-refractivity contribution in [1.29, 1.82) is 0 Å². The molecule has 3 aliphatic rings. The third-order valence-electron chi connectivity index (χ3n) is 5.56. The van der Waals surface area contributed by atoms with Crippen LogP contribution >= 0.6 is 0 Å². The van der Waals surface area contributed by atoms with Gasteiger partial charge in [0.25, 0.3) is 0 Å². The zero-order chi connectivity index (χ0) is 12.8. The molecule has 1 nitrogen and oxygen atoms in total. The molecule has 1 fully saturated rings. The third-order valence-corrected chi connectivity index (χ3v) is 5.56. The van der Waals surface area contributed by atoms with Crippen LogP contribution in [0.2, 0.25) is 0 Å². The molecule has 0 aromatic heterocycles. The Kier molecular flexibility index (Phi) is 2.77. The van der Waals surface area contributed by atoms with Gasteiger partial charge < -0.3 is 5.32 Å². The zero-order valence-electron chi connectivity index (χ0n) is 11.7. The van der Waals surface area contributed by atoms with Crippen LogP contribution < -0.4 is 5.32 Å². The first-order chi connectivity index (χ1) is 9.40. The highest BCUT2D eigenvalue weighted by Gasteiger charge is 2.56. The van der Waals surface area contributed by atoms with Gasteiger partial charge in [0, 0.05) is 6.04 Å². The second-order valence-electron chi connectivity index (χ2n) is 6.44. The van der Waals surface area contributed by atoms with E-state index in [-0.39, 0.29) is 0 Å². The van der Waals surface area contributed by atoms with Crippen molar-refractivity contribution in [2.45, 2.75) is 44.1 Å². The van der Waals surface area contributed by atoms with E-state index in [0.29, 0.717) is 6.04 Å². The second-order valence-corrected chi connectivity index (χ2v) is 6.44. The highest BCUT2D eigenvalue weighted by Crippen LogP contribution is 2.62. The molecule has 1 aromatic carbocycles. The Morgan fingerprint density at radius 3 is 2.89 bits per heavy atom. The fourth-order valence-electron chi connectivity index (χ4n) is 4.68. The maximum Gasteiger partial charge on any atom is 0.0313 e. The van der Waals surface area contributed by atoms with Gasteiger partial charge >= 0.3 is 0 Å². The van der Waals surface area contributed by atoms with Gasteiger partial charge in [-0.25, -0.2) is 0 Å². The Morgan fingerprint density at radius 2 is 2.11 bits per heavy atom. The molecule has 4 unspecified atom stereocenters. The molecule has 0 spiro atoms. The van der Waals surface area contributed by atoms with Crippen molar-refractivity contribution in [3.05, 3.63) is 47.0 Å². The van der Waals surface area contributed by atoms with Crippen molar-refractivity contribution in [2.75, 3.05) is 7.05 Å². The molecule has 1 N–H and O–H groups in total. The molecule has 0 heterocycles. The first-order valence-electron chi connectivity index (χ1n) is 7.84. The summed E-state index contributed by atoms with van der Waals surface area (Å²) in [6.07, 6.45) is 9.18. The van der Waals surface area contributed by atoms with Gasteiger partial charge in [-0.3, -0.25) is 0 Å². The van der Waals surface area contributed by atoms with E-state index in [4.69, 9.17) is 0 Å². The van der Waals surface area contributed by atoms with Crippen LogP contribution in [0, 0.1) is 11.8 Å². The molecule has 0 radical (unpaired) electrons. The molecule has 1 heteroatoms. The number of benzene rings is 1. The number of likely N-dealkylation sites (N-methyl/N-ethyl adjacent to an activating group) is 1. The Hall–Kier alpha value is -1.08. The molecule has 0 bridgehead atoms. The molecule has 1 aromatic rings. The first kappa shape index (κ1) is 11.7. The summed E-state index contributed by atoms with van der Waals surface area (Å²) in [5.74, 6) is 2.63. The second kappa shape index (κ2) is 4.49. The molecule has 19 heavy (non-hydrogen) atoms. The lowest BCUT2D eigenvalue weighted by molar-refractivity contribution is 0.510. The van der Waals surface area contributed by atoms with E-state index in [2.05, 4.69) is 42.7 Å². The van der Waals surface area contributed by atoms with Crippen molar-refractivity contribution >= 4 is 0 Å². The molecule has 3 aliphatic carbocycles. The maximum atomic E-state index is 3.62. The average molecular weight is 253 g/mol. The smallest absolute Gasteiger partial charge is 0.0313 e. The van der Waals surface area contributed by atoms with Gasteiger partial charge in [0.1, 0.15) is 0 Å². The molecular formula is C18H23N. The average Bonchev–Trinajstić information content (AvgIpc) is 2.92. The van der Waals surface area contributed by atoms with Crippen molar-refractivity contribution in [1.82, 2.24) is 5.32 Å². The Morgan fingerprint density at radius 1 is 1.21 bits per heavy atom. The summed E-state index contributed by atoms with van der Waals surface area (Å²) in [5, 5.41) is 3.62. The van der Waals surface area contributed by atoms with Crippen LogP contribution in [-0.4, -0.2) is 13.1 Å². The lowest BCUT2D eigenvalue weighted by atomic mass is 9.92. The predicted molar refractivity (Wildman–Crippen MR) is 79.3 cm³/mol. The largest absolute Gasteiger partial charge is 0.313 e. The van der Waals surface area contributed by atoms with E-state index in [0.717, 1.165) is 17.8 Å². The van der Waals surface area contributed by atoms with Gasteiger partial charge in [-0.1, -0.05) is 35.9 Å². The first-order valence-corrected chi connectivity index (χ1v) is 7.84. The fourth-order valence-corrected chi connectivity index (χ4v) is 4.68. The summed E-state index contributed by atoms with van der Waals surface area (Å²) < 4.78 is 0. The molecule has 0 aliphatic heterocycles. The summed E-state index contributed by atoms with van der Waals surface area (Å²) in [7, 11) is 2.15. The maximum absolute atomic E-state index is 3.62. The fraction of sp³-hybridized carbons (Fsp3) is 0.556. The Bertz CT molecular complexity index is 516. The van der Waals surface area contributed by atoms with Crippen molar-refractivity contribution in [3.8, 4) is 0 Å².